The van der Waals surface area contributed by atoms with Crippen molar-refractivity contribution in [1.82, 2.24) is 5.16 Å². The molecule has 0 aliphatic rings. The van der Waals surface area contributed by atoms with Gasteiger partial charge in [0.2, 0.25) is 5.91 Å². The Morgan fingerprint density at radius 3 is 2.52 bits per heavy atom. The summed E-state index contributed by atoms with van der Waals surface area (Å²) in [7, 11) is 3.18. The molecule has 0 saturated carbocycles. The number of hydrogen-bond donors (Lipinski definition) is 1. The average Bonchev–Trinajstić information content (AvgIpc) is 3.10. The van der Waals surface area contributed by atoms with E-state index in [-0.39, 0.29) is 12.3 Å². The Morgan fingerprint density at radius 1 is 1.04 bits per heavy atom. The van der Waals surface area contributed by atoms with E-state index in [1.807, 2.05) is 36.4 Å². The lowest BCUT2D eigenvalue weighted by Gasteiger charge is -2.05. The van der Waals surface area contributed by atoms with Crippen LogP contribution >= 0.6 is 0 Å². The SMILES string of the molecule is COc1cccc(NC(=O)Cc2cc(-c3cccc(OC)c3)on2)c1. The van der Waals surface area contributed by atoms with Crippen LogP contribution in [0.1, 0.15) is 5.69 Å². The fourth-order valence-electron chi connectivity index (χ4n) is 2.38. The third-order valence-electron chi connectivity index (χ3n) is 3.61. The van der Waals surface area contributed by atoms with Gasteiger partial charge in [0.1, 0.15) is 11.5 Å². The molecule has 0 fully saturated rings. The Labute approximate surface area is 145 Å². The molecular weight excluding hydrogens is 320 g/mol. The second-order valence-electron chi connectivity index (χ2n) is 5.37. The minimum absolute atomic E-state index is 0.116. The number of carbonyl (C=O) groups is 1. The van der Waals surface area contributed by atoms with Crippen LogP contribution in [0.5, 0.6) is 11.5 Å². The zero-order valence-corrected chi connectivity index (χ0v) is 14.0. The molecule has 25 heavy (non-hydrogen) atoms. The highest BCUT2D eigenvalue weighted by Gasteiger charge is 2.12. The predicted octanol–water partition coefficient (Wildman–Crippen LogP) is 3.54. The first-order valence-corrected chi connectivity index (χ1v) is 7.72. The van der Waals surface area contributed by atoms with E-state index in [0.717, 1.165) is 11.3 Å². The van der Waals surface area contributed by atoms with Gasteiger partial charge < -0.3 is 19.3 Å². The first kappa shape index (κ1) is 16.6. The Hall–Kier alpha value is -3.28. The standard InChI is InChI=1S/C19H18N2O4/c1-23-16-7-3-5-13(9-16)18-11-15(21-25-18)12-19(22)20-14-6-4-8-17(10-14)24-2/h3-11H,12H2,1-2H3,(H,20,22). The van der Waals surface area contributed by atoms with Crippen LogP contribution in [0.3, 0.4) is 0 Å². The molecule has 0 spiro atoms. The molecule has 3 rings (SSSR count). The molecule has 0 radical (unpaired) electrons. The van der Waals surface area contributed by atoms with Crippen molar-refractivity contribution in [3.05, 3.63) is 60.3 Å². The highest BCUT2D eigenvalue weighted by Crippen LogP contribution is 2.24. The fourth-order valence-corrected chi connectivity index (χ4v) is 2.38. The maximum atomic E-state index is 12.2. The molecule has 1 aromatic heterocycles. The van der Waals surface area contributed by atoms with E-state index in [2.05, 4.69) is 10.5 Å². The van der Waals surface area contributed by atoms with Crippen molar-refractivity contribution in [2.45, 2.75) is 6.42 Å². The quantitative estimate of drug-likeness (QED) is 0.744. The molecule has 0 saturated heterocycles. The van der Waals surface area contributed by atoms with Crippen LogP contribution in [0, 0.1) is 0 Å². The summed E-state index contributed by atoms with van der Waals surface area (Å²) in [6.45, 7) is 0. The van der Waals surface area contributed by atoms with E-state index < -0.39 is 0 Å². The summed E-state index contributed by atoms with van der Waals surface area (Å²) in [5.74, 6) is 1.81. The lowest BCUT2D eigenvalue weighted by atomic mass is 10.1. The number of rotatable bonds is 6. The van der Waals surface area contributed by atoms with Crippen molar-refractivity contribution in [3.63, 3.8) is 0 Å². The Morgan fingerprint density at radius 2 is 1.76 bits per heavy atom. The molecule has 1 N–H and O–H groups in total. The molecule has 0 aliphatic heterocycles. The maximum absolute atomic E-state index is 12.2. The van der Waals surface area contributed by atoms with Crippen LogP contribution in [-0.2, 0) is 11.2 Å². The van der Waals surface area contributed by atoms with Gasteiger partial charge in [-0.15, -0.1) is 0 Å². The molecule has 3 aromatic rings. The second kappa shape index (κ2) is 7.53. The largest absolute Gasteiger partial charge is 0.497 e. The summed E-state index contributed by atoms with van der Waals surface area (Å²) in [6, 6.07) is 16.4. The molecular formula is C19H18N2O4. The Kier molecular flexibility index (Phi) is 4.99. The molecule has 6 nitrogen and oxygen atoms in total. The lowest BCUT2D eigenvalue weighted by molar-refractivity contribution is -0.115. The first-order chi connectivity index (χ1) is 12.2. The van der Waals surface area contributed by atoms with Gasteiger partial charge in [-0.05, 0) is 24.3 Å². The highest BCUT2D eigenvalue weighted by atomic mass is 16.5. The van der Waals surface area contributed by atoms with Gasteiger partial charge in [-0.2, -0.15) is 0 Å². The summed E-state index contributed by atoms with van der Waals surface area (Å²) < 4.78 is 15.7. The van der Waals surface area contributed by atoms with Crippen molar-refractivity contribution >= 4 is 11.6 Å². The van der Waals surface area contributed by atoms with Gasteiger partial charge >= 0.3 is 0 Å². The maximum Gasteiger partial charge on any atom is 0.230 e. The molecule has 6 heteroatoms. The molecule has 0 atom stereocenters. The highest BCUT2D eigenvalue weighted by molar-refractivity contribution is 5.92. The number of ether oxygens (including phenoxy) is 2. The Bertz CT molecular complexity index is 873. The summed E-state index contributed by atoms with van der Waals surface area (Å²) in [5, 5.41) is 6.77. The smallest absolute Gasteiger partial charge is 0.230 e. The molecule has 1 amide bonds. The van der Waals surface area contributed by atoms with Crippen molar-refractivity contribution < 1.29 is 18.8 Å². The van der Waals surface area contributed by atoms with Gasteiger partial charge in [-0.25, -0.2) is 0 Å². The van der Waals surface area contributed by atoms with Gasteiger partial charge in [0.15, 0.2) is 5.76 Å². The number of anilines is 1. The van der Waals surface area contributed by atoms with Crippen LogP contribution in [0.15, 0.2) is 59.1 Å². The van der Waals surface area contributed by atoms with Gasteiger partial charge in [0.05, 0.1) is 26.3 Å². The van der Waals surface area contributed by atoms with Crippen molar-refractivity contribution in [3.8, 4) is 22.8 Å². The third kappa shape index (κ3) is 4.17. The molecule has 0 bridgehead atoms. The molecule has 1 heterocycles. The van der Waals surface area contributed by atoms with Crippen molar-refractivity contribution in [1.29, 1.82) is 0 Å². The Balaban J connectivity index is 1.67. The van der Waals surface area contributed by atoms with Crippen LogP contribution < -0.4 is 14.8 Å². The van der Waals surface area contributed by atoms with Gasteiger partial charge in [0.25, 0.3) is 0 Å². The number of aromatic nitrogens is 1. The van der Waals surface area contributed by atoms with E-state index in [1.165, 1.54) is 0 Å². The number of carbonyl (C=O) groups excluding carboxylic acids is 1. The zero-order valence-electron chi connectivity index (χ0n) is 14.0. The van der Waals surface area contributed by atoms with Crippen LogP contribution in [0.4, 0.5) is 5.69 Å². The fraction of sp³-hybridized carbons (Fsp3) is 0.158. The number of hydrogen-bond acceptors (Lipinski definition) is 5. The average molecular weight is 338 g/mol. The van der Waals surface area contributed by atoms with E-state index in [4.69, 9.17) is 14.0 Å². The van der Waals surface area contributed by atoms with Crippen molar-refractivity contribution in [2.75, 3.05) is 19.5 Å². The minimum Gasteiger partial charge on any atom is -0.497 e. The molecule has 128 valence electrons. The number of amides is 1. The van der Waals surface area contributed by atoms with Gasteiger partial charge in [0, 0.05) is 23.4 Å². The monoisotopic (exact) mass is 338 g/mol. The minimum atomic E-state index is -0.182. The number of nitrogens with zero attached hydrogens (tertiary/aromatic N) is 1. The predicted molar refractivity (Wildman–Crippen MR) is 93.8 cm³/mol. The summed E-state index contributed by atoms with van der Waals surface area (Å²) >= 11 is 0. The van der Waals surface area contributed by atoms with E-state index in [9.17, 15) is 4.79 Å². The normalized spacial score (nSPS) is 10.3. The number of methoxy groups -OCH3 is 2. The van der Waals surface area contributed by atoms with E-state index in [1.54, 1.807) is 32.4 Å². The summed E-state index contributed by atoms with van der Waals surface area (Å²) in [6.07, 6.45) is 0.116. The van der Waals surface area contributed by atoms with E-state index in [0.29, 0.717) is 22.9 Å². The van der Waals surface area contributed by atoms with Gasteiger partial charge in [-0.1, -0.05) is 23.4 Å². The first-order valence-electron chi connectivity index (χ1n) is 7.72. The second-order valence-corrected chi connectivity index (χ2v) is 5.37. The van der Waals surface area contributed by atoms with E-state index >= 15 is 0 Å². The topological polar surface area (TPSA) is 73.6 Å². The van der Waals surface area contributed by atoms with Crippen LogP contribution in [0.2, 0.25) is 0 Å². The van der Waals surface area contributed by atoms with Gasteiger partial charge in [-0.3, -0.25) is 4.79 Å². The van der Waals surface area contributed by atoms with Crippen molar-refractivity contribution in [2.24, 2.45) is 0 Å². The van der Waals surface area contributed by atoms with Crippen LogP contribution in [-0.4, -0.2) is 25.3 Å². The summed E-state index contributed by atoms with van der Waals surface area (Å²) in [4.78, 5) is 12.2. The number of nitrogens with one attached hydrogen (secondary N) is 1. The number of benzene rings is 2. The molecule has 0 aliphatic carbocycles. The zero-order chi connectivity index (χ0) is 17.6. The van der Waals surface area contributed by atoms with Crippen LogP contribution in [0.25, 0.3) is 11.3 Å². The third-order valence-corrected chi connectivity index (χ3v) is 3.61. The molecule has 0 unspecified atom stereocenters. The molecule has 2 aromatic carbocycles. The summed E-state index contributed by atoms with van der Waals surface area (Å²) in [5.41, 5.74) is 2.06. The lowest BCUT2D eigenvalue weighted by Crippen LogP contribution is -2.14.